The maximum atomic E-state index is 13.2. The molecule has 3 aliphatic rings. The van der Waals surface area contributed by atoms with Crippen LogP contribution in [0.5, 0.6) is 0 Å². The largest absolute Gasteiger partial charge is 0.460 e. The Kier molecular flexibility index (Phi) is 6.06. The van der Waals surface area contributed by atoms with Crippen molar-refractivity contribution in [1.82, 2.24) is 4.90 Å². The van der Waals surface area contributed by atoms with Gasteiger partial charge < -0.3 is 15.0 Å². The molecule has 3 atom stereocenters. The third-order valence-electron chi connectivity index (χ3n) is 8.87. The molecule has 2 bridgehead atoms. The number of urea groups is 1. The first-order chi connectivity index (χ1) is 14.7. The average Bonchev–Trinajstić information content (AvgIpc) is 3.08. The molecule has 4 rings (SSSR count). The van der Waals surface area contributed by atoms with Crippen molar-refractivity contribution in [3.8, 4) is 0 Å². The molecule has 0 spiro atoms. The number of fused-ring (bicyclic) bond motifs is 2. The Hall–Kier alpha value is -2.04. The van der Waals surface area contributed by atoms with E-state index in [2.05, 4.69) is 26.1 Å². The number of aryl methyl sites for hydroxylation is 1. The van der Waals surface area contributed by atoms with E-state index in [0.717, 1.165) is 49.8 Å². The zero-order chi connectivity index (χ0) is 22.2. The molecule has 0 unspecified atom stereocenters. The number of esters is 1. The lowest BCUT2D eigenvalue weighted by Gasteiger charge is -2.39. The van der Waals surface area contributed by atoms with Gasteiger partial charge in [0.15, 0.2) is 0 Å². The van der Waals surface area contributed by atoms with Crippen molar-refractivity contribution in [3.63, 3.8) is 0 Å². The quantitative estimate of drug-likeness (QED) is 0.595. The molecular formula is C26H38N2O3. The average molecular weight is 427 g/mol. The minimum Gasteiger partial charge on any atom is -0.460 e. The van der Waals surface area contributed by atoms with E-state index in [0.29, 0.717) is 5.92 Å². The van der Waals surface area contributed by atoms with E-state index < -0.39 is 0 Å². The SMILES string of the molecule is Cc1ccc(NC(=O)N(CC(=O)O[C@@H]2C[C@H]3CC[C@]2(C)C3(C)C)C2CCCCC2)cc1. The molecule has 2 amide bonds. The molecule has 0 saturated heterocycles. The van der Waals surface area contributed by atoms with Gasteiger partial charge in [0.1, 0.15) is 12.6 Å². The van der Waals surface area contributed by atoms with Crippen LogP contribution in [0.1, 0.15) is 77.7 Å². The normalized spacial score (nSPS) is 29.5. The standard InChI is InChI=1S/C26H38N2O3/c1-18-10-12-20(13-11-18)27-24(30)28(21-8-6-5-7-9-21)17-23(29)31-22-16-19-14-15-26(22,4)25(19,2)3/h10-13,19,21-22H,5-9,14-17H2,1-4H3,(H,27,30)/t19-,22-,26+/m1/s1. The number of carbonyl (C=O) groups is 2. The van der Waals surface area contributed by atoms with E-state index in [1.807, 2.05) is 31.2 Å². The number of ether oxygens (including phenoxy) is 1. The van der Waals surface area contributed by atoms with Gasteiger partial charge in [-0.05, 0) is 62.5 Å². The molecule has 0 radical (unpaired) electrons. The summed E-state index contributed by atoms with van der Waals surface area (Å²) < 4.78 is 6.06. The van der Waals surface area contributed by atoms with Crippen molar-refractivity contribution >= 4 is 17.7 Å². The van der Waals surface area contributed by atoms with Gasteiger partial charge in [-0.1, -0.05) is 57.7 Å². The zero-order valence-corrected chi connectivity index (χ0v) is 19.6. The van der Waals surface area contributed by atoms with E-state index >= 15 is 0 Å². The van der Waals surface area contributed by atoms with Crippen LogP contribution in [0.4, 0.5) is 10.5 Å². The highest BCUT2D eigenvalue weighted by Crippen LogP contribution is 2.66. The molecule has 1 aromatic rings. The van der Waals surface area contributed by atoms with Gasteiger partial charge in [0, 0.05) is 17.1 Å². The molecular weight excluding hydrogens is 388 g/mol. The van der Waals surface area contributed by atoms with Crippen LogP contribution in [0.3, 0.4) is 0 Å². The molecule has 170 valence electrons. The summed E-state index contributed by atoms with van der Waals surface area (Å²) >= 11 is 0. The Morgan fingerprint density at radius 2 is 1.74 bits per heavy atom. The highest BCUT2D eigenvalue weighted by Gasteiger charge is 2.62. The topological polar surface area (TPSA) is 58.6 Å². The number of amides is 2. The van der Waals surface area contributed by atoms with Crippen molar-refractivity contribution in [1.29, 1.82) is 0 Å². The molecule has 5 heteroatoms. The molecule has 0 aliphatic heterocycles. The van der Waals surface area contributed by atoms with Crippen LogP contribution in [0.2, 0.25) is 0 Å². The molecule has 3 aliphatic carbocycles. The number of anilines is 1. The molecule has 1 aromatic carbocycles. The van der Waals surface area contributed by atoms with E-state index in [4.69, 9.17) is 4.74 Å². The van der Waals surface area contributed by atoms with Gasteiger partial charge in [0.25, 0.3) is 0 Å². The van der Waals surface area contributed by atoms with Gasteiger partial charge in [-0.25, -0.2) is 4.79 Å². The predicted molar refractivity (Wildman–Crippen MR) is 123 cm³/mol. The van der Waals surface area contributed by atoms with E-state index in [1.54, 1.807) is 4.90 Å². The molecule has 3 fully saturated rings. The minimum atomic E-state index is -0.265. The van der Waals surface area contributed by atoms with Crippen LogP contribution in [-0.4, -0.2) is 35.6 Å². The lowest BCUT2D eigenvalue weighted by molar-refractivity contribution is -0.158. The lowest BCUT2D eigenvalue weighted by Crippen LogP contribution is -2.48. The number of nitrogens with one attached hydrogen (secondary N) is 1. The first kappa shape index (κ1) is 22.2. The second-order valence-electron chi connectivity index (χ2n) is 10.8. The summed E-state index contributed by atoms with van der Waals surface area (Å²) in [6, 6.07) is 7.66. The van der Waals surface area contributed by atoms with Gasteiger partial charge in [-0.2, -0.15) is 0 Å². The van der Waals surface area contributed by atoms with Crippen molar-refractivity contribution in [2.45, 2.75) is 91.2 Å². The van der Waals surface area contributed by atoms with E-state index in [-0.39, 0.29) is 41.5 Å². The summed E-state index contributed by atoms with van der Waals surface area (Å²) in [7, 11) is 0. The summed E-state index contributed by atoms with van der Waals surface area (Å²) in [4.78, 5) is 27.9. The minimum absolute atomic E-state index is 0.0278. The Labute approximate surface area is 186 Å². The van der Waals surface area contributed by atoms with Gasteiger partial charge >= 0.3 is 12.0 Å². The Bertz CT molecular complexity index is 812. The first-order valence-corrected chi connectivity index (χ1v) is 12.0. The highest BCUT2D eigenvalue weighted by atomic mass is 16.5. The smallest absolute Gasteiger partial charge is 0.326 e. The van der Waals surface area contributed by atoms with Crippen LogP contribution >= 0.6 is 0 Å². The Morgan fingerprint density at radius 1 is 1.06 bits per heavy atom. The summed E-state index contributed by atoms with van der Waals surface area (Å²) in [6.45, 7) is 8.97. The Morgan fingerprint density at radius 3 is 2.32 bits per heavy atom. The summed E-state index contributed by atoms with van der Waals surface area (Å²) in [5.41, 5.74) is 2.14. The number of hydrogen-bond acceptors (Lipinski definition) is 3. The Balaban J connectivity index is 1.44. The molecule has 1 N–H and O–H groups in total. The van der Waals surface area contributed by atoms with Gasteiger partial charge in [0.05, 0.1) is 0 Å². The second-order valence-corrected chi connectivity index (χ2v) is 10.8. The fourth-order valence-electron chi connectivity index (χ4n) is 6.24. The second kappa shape index (κ2) is 8.48. The van der Waals surface area contributed by atoms with E-state index in [1.165, 1.54) is 12.8 Å². The maximum absolute atomic E-state index is 13.2. The molecule has 0 heterocycles. The summed E-state index contributed by atoms with van der Waals surface area (Å²) in [6.07, 6.45) is 8.56. The zero-order valence-electron chi connectivity index (χ0n) is 19.6. The first-order valence-electron chi connectivity index (χ1n) is 12.0. The van der Waals surface area contributed by atoms with Crippen LogP contribution in [0.15, 0.2) is 24.3 Å². The molecule has 31 heavy (non-hydrogen) atoms. The van der Waals surface area contributed by atoms with Crippen molar-refractivity contribution in [2.24, 2.45) is 16.7 Å². The number of rotatable bonds is 5. The fraction of sp³-hybridized carbons (Fsp3) is 0.692. The third-order valence-corrected chi connectivity index (χ3v) is 8.87. The van der Waals surface area contributed by atoms with Gasteiger partial charge in [-0.3, -0.25) is 4.79 Å². The molecule has 0 aromatic heterocycles. The number of hydrogen-bond donors (Lipinski definition) is 1. The number of benzene rings is 1. The predicted octanol–water partition coefficient (Wildman–Crippen LogP) is 5.92. The molecule has 3 saturated carbocycles. The summed E-state index contributed by atoms with van der Waals surface area (Å²) in [5.74, 6) is 0.355. The third kappa shape index (κ3) is 4.20. The van der Waals surface area contributed by atoms with Gasteiger partial charge in [0.2, 0.25) is 0 Å². The fourth-order valence-corrected chi connectivity index (χ4v) is 6.24. The monoisotopic (exact) mass is 426 g/mol. The van der Waals surface area contributed by atoms with Crippen molar-refractivity contribution in [2.75, 3.05) is 11.9 Å². The van der Waals surface area contributed by atoms with E-state index in [9.17, 15) is 9.59 Å². The van der Waals surface area contributed by atoms with Crippen LogP contribution < -0.4 is 5.32 Å². The lowest BCUT2D eigenvalue weighted by atomic mass is 9.70. The number of nitrogens with zero attached hydrogens (tertiary/aromatic N) is 1. The van der Waals surface area contributed by atoms with Crippen molar-refractivity contribution in [3.05, 3.63) is 29.8 Å². The number of carbonyl (C=O) groups excluding carboxylic acids is 2. The highest BCUT2D eigenvalue weighted by molar-refractivity contribution is 5.91. The summed E-state index contributed by atoms with van der Waals surface area (Å²) in [5, 5.41) is 2.99. The van der Waals surface area contributed by atoms with Crippen LogP contribution in [0, 0.1) is 23.7 Å². The molecule has 5 nitrogen and oxygen atoms in total. The van der Waals surface area contributed by atoms with Gasteiger partial charge in [-0.15, -0.1) is 0 Å². The van der Waals surface area contributed by atoms with Crippen LogP contribution in [-0.2, 0) is 9.53 Å². The van der Waals surface area contributed by atoms with Crippen LogP contribution in [0.25, 0.3) is 0 Å². The maximum Gasteiger partial charge on any atom is 0.326 e. The van der Waals surface area contributed by atoms with Crippen molar-refractivity contribution < 1.29 is 14.3 Å².